The number of rotatable bonds is 4. The Morgan fingerprint density at radius 3 is 2.24 bits per heavy atom. The van der Waals surface area contributed by atoms with Crippen molar-refractivity contribution in [2.45, 2.75) is 39.0 Å². The molecule has 1 N–H and O–H groups in total. The SMILES string of the molecule is Cc1cccc(C)c1NC(=O)c1cccc(N2C(=O)[C@H]3C[C@H](c4ccccc4)CC[C@H]3C2=O)c1. The zero-order chi connectivity index (χ0) is 23.8. The van der Waals surface area contributed by atoms with Crippen LogP contribution in [0, 0.1) is 25.7 Å². The lowest BCUT2D eigenvalue weighted by Crippen LogP contribution is -2.31. The van der Waals surface area contributed by atoms with Crippen molar-refractivity contribution in [3.63, 3.8) is 0 Å². The third-order valence-corrected chi connectivity index (χ3v) is 7.28. The zero-order valence-electron chi connectivity index (χ0n) is 19.5. The predicted molar refractivity (Wildman–Crippen MR) is 133 cm³/mol. The Morgan fingerprint density at radius 2 is 1.50 bits per heavy atom. The fraction of sp³-hybridized carbons (Fsp3) is 0.276. The van der Waals surface area contributed by atoms with Crippen LogP contribution in [0.4, 0.5) is 11.4 Å². The summed E-state index contributed by atoms with van der Waals surface area (Å²) in [5, 5.41) is 2.98. The number of hydrogen-bond donors (Lipinski definition) is 1. The van der Waals surface area contributed by atoms with Gasteiger partial charge in [0.1, 0.15) is 0 Å². The molecule has 0 bridgehead atoms. The van der Waals surface area contributed by atoms with Crippen molar-refractivity contribution in [1.29, 1.82) is 0 Å². The number of fused-ring (bicyclic) bond motifs is 1. The molecule has 3 atom stereocenters. The minimum absolute atomic E-state index is 0.145. The molecular weight excluding hydrogens is 424 g/mol. The number of nitrogens with one attached hydrogen (secondary N) is 1. The van der Waals surface area contributed by atoms with E-state index >= 15 is 0 Å². The van der Waals surface area contributed by atoms with E-state index in [-0.39, 0.29) is 35.5 Å². The Morgan fingerprint density at radius 1 is 0.824 bits per heavy atom. The molecule has 0 aromatic heterocycles. The number of para-hydroxylation sites is 1. The average molecular weight is 453 g/mol. The maximum atomic E-state index is 13.4. The van der Waals surface area contributed by atoms with Crippen LogP contribution in [0.25, 0.3) is 0 Å². The summed E-state index contributed by atoms with van der Waals surface area (Å²) in [6.45, 7) is 3.90. The number of aryl methyl sites for hydroxylation is 2. The smallest absolute Gasteiger partial charge is 0.255 e. The van der Waals surface area contributed by atoms with Gasteiger partial charge in [-0.05, 0) is 73.9 Å². The number of anilines is 2. The topological polar surface area (TPSA) is 66.5 Å². The van der Waals surface area contributed by atoms with Crippen LogP contribution in [0.15, 0.2) is 72.8 Å². The number of amides is 3. The fourth-order valence-corrected chi connectivity index (χ4v) is 5.45. The highest BCUT2D eigenvalue weighted by Gasteiger charge is 2.50. The van der Waals surface area contributed by atoms with E-state index in [2.05, 4.69) is 17.4 Å². The van der Waals surface area contributed by atoms with Gasteiger partial charge in [-0.1, -0.05) is 54.6 Å². The number of carbonyl (C=O) groups excluding carboxylic acids is 3. The molecule has 5 rings (SSSR count). The molecule has 2 fully saturated rings. The van der Waals surface area contributed by atoms with Gasteiger partial charge in [0.25, 0.3) is 5.91 Å². The van der Waals surface area contributed by atoms with Crippen molar-refractivity contribution in [2.75, 3.05) is 10.2 Å². The molecule has 1 saturated carbocycles. The van der Waals surface area contributed by atoms with Crippen molar-refractivity contribution in [3.8, 4) is 0 Å². The van der Waals surface area contributed by atoms with E-state index in [1.807, 2.05) is 50.2 Å². The summed E-state index contributed by atoms with van der Waals surface area (Å²) >= 11 is 0. The van der Waals surface area contributed by atoms with E-state index in [1.54, 1.807) is 24.3 Å². The second-order valence-corrected chi connectivity index (χ2v) is 9.42. The summed E-state index contributed by atoms with van der Waals surface area (Å²) in [5.74, 6) is -0.858. The predicted octanol–water partition coefficient (Wildman–Crippen LogP) is 5.63. The first-order valence-corrected chi connectivity index (χ1v) is 11.8. The van der Waals surface area contributed by atoms with Crippen molar-refractivity contribution < 1.29 is 14.4 Å². The molecule has 1 aliphatic carbocycles. The van der Waals surface area contributed by atoms with Crippen LogP contribution in [-0.4, -0.2) is 17.7 Å². The molecule has 1 heterocycles. The third-order valence-electron chi connectivity index (χ3n) is 7.28. The number of hydrogen-bond acceptors (Lipinski definition) is 3. The van der Waals surface area contributed by atoms with E-state index in [1.165, 1.54) is 10.5 Å². The fourth-order valence-electron chi connectivity index (χ4n) is 5.45. The molecule has 3 aromatic rings. The Bertz CT molecular complexity index is 1250. The lowest BCUT2D eigenvalue weighted by molar-refractivity contribution is -0.122. The molecule has 5 heteroatoms. The van der Waals surface area contributed by atoms with Gasteiger partial charge in [0.05, 0.1) is 17.5 Å². The second-order valence-electron chi connectivity index (χ2n) is 9.42. The van der Waals surface area contributed by atoms with Crippen LogP contribution in [-0.2, 0) is 9.59 Å². The Labute approximate surface area is 199 Å². The third kappa shape index (κ3) is 3.92. The summed E-state index contributed by atoms with van der Waals surface area (Å²) in [6.07, 6.45) is 2.29. The largest absolute Gasteiger partial charge is 0.322 e. The van der Waals surface area contributed by atoms with E-state index in [0.717, 1.165) is 23.2 Å². The number of nitrogens with zero attached hydrogens (tertiary/aromatic N) is 1. The summed E-state index contributed by atoms with van der Waals surface area (Å²) < 4.78 is 0. The van der Waals surface area contributed by atoms with E-state index < -0.39 is 0 Å². The van der Waals surface area contributed by atoms with E-state index in [9.17, 15) is 14.4 Å². The van der Waals surface area contributed by atoms with Gasteiger partial charge in [-0.15, -0.1) is 0 Å². The van der Waals surface area contributed by atoms with Gasteiger partial charge in [0.15, 0.2) is 0 Å². The molecule has 1 saturated heterocycles. The standard InChI is InChI=1S/C29H28N2O3/c1-18-8-6-9-19(2)26(18)30-27(32)22-12-7-13-23(16-22)31-28(33)24-15-14-21(17-25(24)29(31)34)20-10-4-3-5-11-20/h3-13,16,21,24-25H,14-15,17H2,1-2H3,(H,30,32)/t21-,24-,25+/m1/s1. The summed E-state index contributed by atoms with van der Waals surface area (Å²) in [7, 11) is 0. The molecule has 0 unspecified atom stereocenters. The first-order chi connectivity index (χ1) is 16.4. The van der Waals surface area contributed by atoms with Gasteiger partial charge in [0, 0.05) is 11.3 Å². The van der Waals surface area contributed by atoms with Gasteiger partial charge >= 0.3 is 0 Å². The average Bonchev–Trinajstić information content (AvgIpc) is 3.11. The molecule has 172 valence electrons. The van der Waals surface area contributed by atoms with Gasteiger partial charge in [-0.3, -0.25) is 19.3 Å². The maximum absolute atomic E-state index is 13.4. The van der Waals surface area contributed by atoms with Crippen LogP contribution in [0.1, 0.15) is 52.2 Å². The highest BCUT2D eigenvalue weighted by Crippen LogP contribution is 2.45. The van der Waals surface area contributed by atoms with Gasteiger partial charge in [-0.25, -0.2) is 0 Å². The van der Waals surface area contributed by atoms with Gasteiger partial charge in [-0.2, -0.15) is 0 Å². The van der Waals surface area contributed by atoms with Gasteiger partial charge in [0.2, 0.25) is 11.8 Å². The van der Waals surface area contributed by atoms with Crippen LogP contribution in [0.3, 0.4) is 0 Å². The normalized spacial score (nSPS) is 21.9. The molecule has 0 spiro atoms. The van der Waals surface area contributed by atoms with Crippen LogP contribution in [0.5, 0.6) is 0 Å². The molecule has 3 amide bonds. The van der Waals surface area contributed by atoms with Crippen molar-refractivity contribution in [1.82, 2.24) is 0 Å². The minimum atomic E-state index is -0.307. The van der Waals surface area contributed by atoms with Crippen molar-refractivity contribution >= 4 is 29.1 Å². The molecule has 34 heavy (non-hydrogen) atoms. The second kappa shape index (κ2) is 8.90. The first-order valence-electron chi connectivity index (χ1n) is 11.8. The van der Waals surface area contributed by atoms with Crippen molar-refractivity contribution in [2.24, 2.45) is 11.8 Å². The lowest BCUT2D eigenvalue weighted by atomic mass is 9.73. The van der Waals surface area contributed by atoms with E-state index in [0.29, 0.717) is 24.1 Å². The first kappa shape index (κ1) is 22.1. The Hall–Kier alpha value is -3.73. The summed E-state index contributed by atoms with van der Waals surface area (Å²) in [6, 6.07) is 22.9. The zero-order valence-corrected chi connectivity index (χ0v) is 19.5. The quantitative estimate of drug-likeness (QED) is 0.522. The van der Waals surface area contributed by atoms with Gasteiger partial charge < -0.3 is 5.32 Å². The highest BCUT2D eigenvalue weighted by atomic mass is 16.2. The number of imide groups is 1. The minimum Gasteiger partial charge on any atom is -0.322 e. The highest BCUT2D eigenvalue weighted by molar-refractivity contribution is 6.22. The van der Waals surface area contributed by atoms with Crippen LogP contribution in [0.2, 0.25) is 0 Å². The molecule has 3 aromatic carbocycles. The van der Waals surface area contributed by atoms with Crippen LogP contribution < -0.4 is 10.2 Å². The molecule has 0 radical (unpaired) electrons. The molecular formula is C29H28N2O3. The number of benzene rings is 3. The monoisotopic (exact) mass is 452 g/mol. The maximum Gasteiger partial charge on any atom is 0.255 e. The molecule has 5 nitrogen and oxygen atoms in total. The molecule has 2 aliphatic rings. The Balaban J connectivity index is 1.37. The lowest BCUT2D eigenvalue weighted by Gasteiger charge is -2.28. The van der Waals surface area contributed by atoms with E-state index in [4.69, 9.17) is 0 Å². The number of carbonyl (C=O) groups is 3. The Kier molecular flexibility index (Phi) is 5.78. The summed E-state index contributed by atoms with van der Waals surface area (Å²) in [4.78, 5) is 41.0. The van der Waals surface area contributed by atoms with Crippen LogP contribution >= 0.6 is 0 Å². The molecule has 1 aliphatic heterocycles. The van der Waals surface area contributed by atoms with Crippen molar-refractivity contribution in [3.05, 3.63) is 95.1 Å². The summed E-state index contributed by atoms with van der Waals surface area (Å²) in [5.41, 5.74) is 4.85.